The Morgan fingerprint density at radius 1 is 1.07 bits per heavy atom. The summed E-state index contributed by atoms with van der Waals surface area (Å²) >= 11 is 5.91. The Bertz CT molecular complexity index is 663. The number of benzene rings is 1. The molecule has 1 aromatic rings. The first-order valence-electron chi connectivity index (χ1n) is 10.5. The maximum absolute atomic E-state index is 13.2. The molecule has 3 rings (SSSR count). The summed E-state index contributed by atoms with van der Waals surface area (Å²) in [5.41, 5.74) is 0.527. The molecule has 1 N–H and O–H groups in total. The average molecular weight is 406 g/mol. The van der Waals surface area contributed by atoms with Crippen molar-refractivity contribution in [1.82, 2.24) is 15.1 Å². The van der Waals surface area contributed by atoms with Gasteiger partial charge >= 0.3 is 0 Å². The lowest BCUT2D eigenvalue weighted by atomic mass is 9.99. The molecular weight excluding hydrogens is 374 g/mol. The van der Waals surface area contributed by atoms with E-state index in [4.69, 9.17) is 11.6 Å². The highest BCUT2D eigenvalue weighted by molar-refractivity contribution is 6.30. The Labute approximate surface area is 173 Å². The Balaban J connectivity index is 1.60. The van der Waals surface area contributed by atoms with Gasteiger partial charge in [0.15, 0.2) is 0 Å². The van der Waals surface area contributed by atoms with Crippen molar-refractivity contribution in [2.24, 2.45) is 5.92 Å². The van der Waals surface area contributed by atoms with Crippen LogP contribution in [0.15, 0.2) is 24.3 Å². The van der Waals surface area contributed by atoms with E-state index < -0.39 is 6.04 Å². The Kier molecular flexibility index (Phi) is 7.36. The van der Waals surface area contributed by atoms with Crippen molar-refractivity contribution in [2.75, 3.05) is 26.2 Å². The number of halogens is 1. The minimum Gasteiger partial charge on any atom is -0.341 e. The third-order valence-electron chi connectivity index (χ3n) is 5.85. The molecule has 0 aromatic heterocycles. The van der Waals surface area contributed by atoms with Crippen molar-refractivity contribution in [3.05, 3.63) is 34.9 Å². The van der Waals surface area contributed by atoms with Crippen LogP contribution in [0.2, 0.25) is 5.02 Å². The third kappa shape index (κ3) is 5.48. The summed E-state index contributed by atoms with van der Waals surface area (Å²) in [5, 5.41) is 3.55. The van der Waals surface area contributed by atoms with Crippen molar-refractivity contribution >= 4 is 23.4 Å². The number of nitrogens with zero attached hydrogens (tertiary/aromatic N) is 2. The van der Waals surface area contributed by atoms with Crippen molar-refractivity contribution < 1.29 is 9.59 Å². The minimum absolute atomic E-state index is 0.0517. The first-order chi connectivity index (χ1) is 13.4. The van der Waals surface area contributed by atoms with Crippen LogP contribution in [-0.4, -0.2) is 59.9 Å². The van der Waals surface area contributed by atoms with Crippen molar-refractivity contribution in [3.63, 3.8) is 0 Å². The van der Waals surface area contributed by atoms with E-state index >= 15 is 0 Å². The molecule has 2 amide bonds. The van der Waals surface area contributed by atoms with E-state index in [1.165, 1.54) is 25.9 Å². The summed E-state index contributed by atoms with van der Waals surface area (Å²) in [6, 6.07) is 6.90. The summed E-state index contributed by atoms with van der Waals surface area (Å²) in [6.07, 6.45) is 5.30. The Morgan fingerprint density at radius 2 is 1.68 bits per heavy atom. The lowest BCUT2D eigenvalue weighted by molar-refractivity contribution is -0.135. The summed E-state index contributed by atoms with van der Waals surface area (Å²) in [6.45, 7) is 8.12. The van der Waals surface area contributed by atoms with Crippen LogP contribution in [-0.2, 0) is 4.79 Å². The van der Waals surface area contributed by atoms with Crippen LogP contribution in [0.3, 0.4) is 0 Å². The van der Waals surface area contributed by atoms with Gasteiger partial charge in [-0.1, -0.05) is 25.4 Å². The Morgan fingerprint density at radius 3 is 2.25 bits per heavy atom. The van der Waals surface area contributed by atoms with Crippen LogP contribution < -0.4 is 5.32 Å². The number of nitrogens with one attached hydrogen (secondary N) is 1. The number of rotatable bonds is 6. The zero-order valence-electron chi connectivity index (χ0n) is 17.0. The molecule has 1 atom stereocenters. The first-order valence-corrected chi connectivity index (χ1v) is 10.9. The zero-order valence-corrected chi connectivity index (χ0v) is 17.8. The molecular formula is C22H32ClN3O2. The van der Waals surface area contributed by atoms with Gasteiger partial charge in [-0.3, -0.25) is 9.59 Å². The van der Waals surface area contributed by atoms with Gasteiger partial charge in [-0.05, 0) is 75.4 Å². The fourth-order valence-corrected chi connectivity index (χ4v) is 4.44. The smallest absolute Gasteiger partial charge is 0.251 e. The summed E-state index contributed by atoms with van der Waals surface area (Å²) in [7, 11) is 0. The quantitative estimate of drug-likeness (QED) is 0.787. The number of carbonyl (C=O) groups is 2. The molecule has 0 radical (unpaired) electrons. The van der Waals surface area contributed by atoms with Gasteiger partial charge in [0.1, 0.15) is 6.04 Å². The summed E-state index contributed by atoms with van der Waals surface area (Å²) in [4.78, 5) is 30.3. The molecule has 28 heavy (non-hydrogen) atoms. The van der Waals surface area contributed by atoms with Gasteiger partial charge in [-0.15, -0.1) is 0 Å². The van der Waals surface area contributed by atoms with E-state index in [0.29, 0.717) is 29.0 Å². The normalized spacial score (nSPS) is 19.8. The SMILES string of the molecule is CC(C)CC(NC(=O)c1ccc(Cl)cc1)C(=O)N1CCC(N2CCCC2)CC1. The summed E-state index contributed by atoms with van der Waals surface area (Å²) in [5.74, 6) is 0.153. The van der Waals surface area contributed by atoms with Gasteiger partial charge < -0.3 is 15.1 Å². The Hall–Kier alpha value is -1.59. The number of carbonyl (C=O) groups excluding carboxylic acids is 2. The molecule has 6 heteroatoms. The second-order valence-corrected chi connectivity index (χ2v) is 8.90. The molecule has 0 aliphatic carbocycles. The van der Waals surface area contributed by atoms with E-state index in [9.17, 15) is 9.59 Å². The molecule has 1 aromatic carbocycles. The number of amides is 2. The maximum atomic E-state index is 13.2. The summed E-state index contributed by atoms with van der Waals surface area (Å²) < 4.78 is 0. The molecule has 2 saturated heterocycles. The van der Waals surface area contributed by atoms with Gasteiger partial charge in [-0.2, -0.15) is 0 Å². The van der Waals surface area contributed by atoms with E-state index in [1.807, 2.05) is 4.90 Å². The first kappa shape index (κ1) is 21.1. The predicted molar refractivity (Wildman–Crippen MR) is 113 cm³/mol. The highest BCUT2D eigenvalue weighted by atomic mass is 35.5. The second-order valence-electron chi connectivity index (χ2n) is 8.46. The minimum atomic E-state index is -0.480. The van der Waals surface area contributed by atoms with Gasteiger partial charge in [0, 0.05) is 29.7 Å². The predicted octanol–water partition coefficient (Wildman–Crippen LogP) is 3.57. The third-order valence-corrected chi connectivity index (χ3v) is 6.10. The molecule has 2 aliphatic heterocycles. The van der Waals surface area contributed by atoms with Gasteiger partial charge in [0.05, 0.1) is 0 Å². The number of hydrogen-bond donors (Lipinski definition) is 1. The topological polar surface area (TPSA) is 52.7 Å². The van der Waals surface area contributed by atoms with Gasteiger partial charge in [0.25, 0.3) is 5.91 Å². The average Bonchev–Trinajstić information content (AvgIpc) is 3.22. The number of piperidine rings is 1. The molecule has 154 valence electrons. The molecule has 0 saturated carbocycles. The number of hydrogen-bond acceptors (Lipinski definition) is 3. The zero-order chi connectivity index (χ0) is 20.1. The second kappa shape index (κ2) is 9.75. The molecule has 5 nitrogen and oxygen atoms in total. The highest BCUT2D eigenvalue weighted by Gasteiger charge is 2.32. The van der Waals surface area contributed by atoms with Gasteiger partial charge in [-0.25, -0.2) is 0 Å². The van der Waals surface area contributed by atoms with Gasteiger partial charge in [0.2, 0.25) is 5.91 Å². The van der Waals surface area contributed by atoms with Crippen molar-refractivity contribution in [3.8, 4) is 0 Å². The molecule has 2 aliphatic rings. The lowest BCUT2D eigenvalue weighted by Crippen LogP contribution is -2.53. The fourth-order valence-electron chi connectivity index (χ4n) is 4.31. The highest BCUT2D eigenvalue weighted by Crippen LogP contribution is 2.22. The van der Waals surface area contributed by atoms with Crippen LogP contribution in [0.5, 0.6) is 0 Å². The van der Waals surface area contributed by atoms with Crippen LogP contribution in [0.25, 0.3) is 0 Å². The van der Waals surface area contributed by atoms with Crippen molar-refractivity contribution in [1.29, 1.82) is 0 Å². The van der Waals surface area contributed by atoms with Crippen LogP contribution in [0.1, 0.15) is 56.3 Å². The van der Waals surface area contributed by atoms with E-state index in [-0.39, 0.29) is 11.8 Å². The lowest BCUT2D eigenvalue weighted by Gasteiger charge is -2.38. The van der Waals surface area contributed by atoms with E-state index in [1.54, 1.807) is 24.3 Å². The largest absolute Gasteiger partial charge is 0.341 e. The molecule has 0 bridgehead atoms. The standard InChI is InChI=1S/C22H32ClN3O2/c1-16(2)15-20(24-21(27)17-5-7-18(23)8-6-17)22(28)26-13-9-19(10-14-26)25-11-3-4-12-25/h5-8,16,19-20H,3-4,9-15H2,1-2H3,(H,24,27). The fraction of sp³-hybridized carbons (Fsp3) is 0.636. The monoisotopic (exact) mass is 405 g/mol. The van der Waals surface area contributed by atoms with E-state index in [2.05, 4.69) is 24.1 Å². The maximum Gasteiger partial charge on any atom is 0.251 e. The molecule has 2 fully saturated rings. The van der Waals surface area contributed by atoms with Crippen LogP contribution >= 0.6 is 11.6 Å². The van der Waals surface area contributed by atoms with Crippen LogP contribution in [0.4, 0.5) is 0 Å². The molecule has 0 spiro atoms. The number of likely N-dealkylation sites (tertiary alicyclic amines) is 2. The van der Waals surface area contributed by atoms with E-state index in [0.717, 1.165) is 25.9 Å². The molecule has 2 heterocycles. The molecule has 1 unspecified atom stereocenters. The van der Waals surface area contributed by atoms with Crippen molar-refractivity contribution in [2.45, 2.75) is 58.0 Å². The van der Waals surface area contributed by atoms with Crippen LogP contribution in [0, 0.1) is 5.92 Å².